The van der Waals surface area contributed by atoms with Crippen molar-refractivity contribution in [2.75, 3.05) is 0 Å². The normalized spacial score (nSPS) is 14.0. The Bertz CT molecular complexity index is 1640. The first kappa shape index (κ1) is 23.0. The molecule has 0 radical (unpaired) electrons. The number of Topliss-reactive ketones (excluding diaryl/α,β-unsaturated/α-hetero) is 2. The van der Waals surface area contributed by atoms with E-state index in [0.717, 1.165) is 44.6 Å². The van der Waals surface area contributed by atoms with Gasteiger partial charge in [0.15, 0.2) is 5.65 Å². The lowest BCUT2D eigenvalue weighted by Gasteiger charge is -2.21. The maximum absolute atomic E-state index is 12.7. The van der Waals surface area contributed by atoms with Crippen molar-refractivity contribution in [3.8, 4) is 22.4 Å². The standard InChI is InChI=1S/C31H26N4O2/c1-20(36)31(21(2)37)15-24-13-26(23-11-7-4-8-12-23)27(14-25(24)16-31)28-29-30(33-18-32-28)34-19-35(29)17-22-9-5-3-6-10-22/h3-14,18-19H,15-17H2,1-2H3. The summed E-state index contributed by atoms with van der Waals surface area (Å²) in [4.78, 5) is 39.2. The average molecular weight is 487 g/mol. The van der Waals surface area contributed by atoms with Gasteiger partial charge in [0.2, 0.25) is 0 Å². The fraction of sp³-hybridized carbons (Fsp3) is 0.194. The van der Waals surface area contributed by atoms with Gasteiger partial charge in [0.05, 0.1) is 11.7 Å². The van der Waals surface area contributed by atoms with Crippen LogP contribution in [0.2, 0.25) is 0 Å². The van der Waals surface area contributed by atoms with E-state index < -0.39 is 5.41 Å². The highest BCUT2D eigenvalue weighted by Crippen LogP contribution is 2.44. The van der Waals surface area contributed by atoms with Gasteiger partial charge in [-0.05, 0) is 60.6 Å². The molecular formula is C31H26N4O2. The zero-order chi connectivity index (χ0) is 25.6. The zero-order valence-electron chi connectivity index (χ0n) is 20.8. The monoisotopic (exact) mass is 486 g/mol. The number of hydrogen-bond acceptors (Lipinski definition) is 5. The molecule has 0 bridgehead atoms. The van der Waals surface area contributed by atoms with Gasteiger partial charge < -0.3 is 4.57 Å². The van der Waals surface area contributed by atoms with Crippen molar-refractivity contribution in [2.45, 2.75) is 33.2 Å². The highest BCUT2D eigenvalue weighted by atomic mass is 16.2. The molecule has 5 aromatic rings. The minimum Gasteiger partial charge on any atom is -0.323 e. The van der Waals surface area contributed by atoms with E-state index in [9.17, 15) is 9.59 Å². The van der Waals surface area contributed by atoms with Crippen LogP contribution in [0.15, 0.2) is 85.5 Å². The van der Waals surface area contributed by atoms with Crippen LogP contribution in [0.5, 0.6) is 0 Å². The molecule has 37 heavy (non-hydrogen) atoms. The van der Waals surface area contributed by atoms with Crippen LogP contribution < -0.4 is 0 Å². The number of nitrogens with zero attached hydrogens (tertiary/aromatic N) is 4. The Hall–Kier alpha value is -4.45. The number of carbonyl (C=O) groups excluding carboxylic acids is 2. The van der Waals surface area contributed by atoms with E-state index in [2.05, 4.69) is 50.9 Å². The van der Waals surface area contributed by atoms with Gasteiger partial charge in [-0.2, -0.15) is 0 Å². The van der Waals surface area contributed by atoms with Crippen molar-refractivity contribution < 1.29 is 9.59 Å². The van der Waals surface area contributed by atoms with Gasteiger partial charge in [0.25, 0.3) is 0 Å². The molecule has 2 heterocycles. The third-order valence-electron chi connectivity index (χ3n) is 7.62. The van der Waals surface area contributed by atoms with Crippen LogP contribution in [-0.4, -0.2) is 31.1 Å². The molecule has 0 spiro atoms. The third kappa shape index (κ3) is 3.85. The molecule has 1 aliphatic carbocycles. The van der Waals surface area contributed by atoms with Crippen molar-refractivity contribution in [1.29, 1.82) is 0 Å². The number of benzene rings is 3. The van der Waals surface area contributed by atoms with Crippen LogP contribution in [0.3, 0.4) is 0 Å². The summed E-state index contributed by atoms with van der Waals surface area (Å²) in [6, 6.07) is 24.6. The molecule has 182 valence electrons. The number of ketones is 2. The Morgan fingerprint density at radius 3 is 2.08 bits per heavy atom. The number of hydrogen-bond donors (Lipinski definition) is 0. The van der Waals surface area contributed by atoms with E-state index in [-0.39, 0.29) is 11.6 Å². The Morgan fingerprint density at radius 2 is 1.43 bits per heavy atom. The first-order chi connectivity index (χ1) is 18.0. The van der Waals surface area contributed by atoms with Crippen LogP contribution in [0.4, 0.5) is 0 Å². The molecule has 6 nitrogen and oxygen atoms in total. The van der Waals surface area contributed by atoms with Gasteiger partial charge >= 0.3 is 0 Å². The summed E-state index contributed by atoms with van der Waals surface area (Å²) in [6.07, 6.45) is 4.20. The SMILES string of the molecule is CC(=O)C1(C(C)=O)Cc2cc(-c3ccccc3)c(-c3ncnc4ncn(Cc5ccccc5)c34)cc2C1. The molecule has 1 aliphatic rings. The van der Waals surface area contributed by atoms with Crippen molar-refractivity contribution in [2.24, 2.45) is 5.41 Å². The lowest BCUT2D eigenvalue weighted by Crippen LogP contribution is -2.37. The quantitative estimate of drug-likeness (QED) is 0.297. The molecule has 3 aromatic carbocycles. The molecule has 0 N–H and O–H groups in total. The van der Waals surface area contributed by atoms with Gasteiger partial charge in [0, 0.05) is 12.1 Å². The minimum absolute atomic E-state index is 0.0793. The second-order valence-corrected chi connectivity index (χ2v) is 9.83. The van der Waals surface area contributed by atoms with E-state index >= 15 is 0 Å². The highest BCUT2D eigenvalue weighted by molar-refractivity contribution is 6.06. The van der Waals surface area contributed by atoms with E-state index in [1.807, 2.05) is 42.7 Å². The highest BCUT2D eigenvalue weighted by Gasteiger charge is 2.46. The molecule has 0 amide bonds. The molecule has 6 heteroatoms. The van der Waals surface area contributed by atoms with Gasteiger partial charge in [0.1, 0.15) is 29.1 Å². The van der Waals surface area contributed by atoms with Crippen LogP contribution >= 0.6 is 0 Å². The predicted molar refractivity (Wildman–Crippen MR) is 143 cm³/mol. The molecule has 0 atom stereocenters. The molecule has 0 saturated heterocycles. The van der Waals surface area contributed by atoms with E-state index in [4.69, 9.17) is 4.98 Å². The Kier molecular flexibility index (Phi) is 5.52. The van der Waals surface area contributed by atoms with Crippen LogP contribution in [-0.2, 0) is 29.0 Å². The van der Waals surface area contributed by atoms with Gasteiger partial charge in [-0.3, -0.25) is 9.59 Å². The zero-order valence-corrected chi connectivity index (χ0v) is 20.8. The Balaban J connectivity index is 1.57. The molecule has 6 rings (SSSR count). The maximum Gasteiger partial charge on any atom is 0.181 e. The molecule has 0 fully saturated rings. The summed E-state index contributed by atoms with van der Waals surface area (Å²) in [7, 11) is 0. The fourth-order valence-corrected chi connectivity index (χ4v) is 5.54. The van der Waals surface area contributed by atoms with Gasteiger partial charge in [-0.25, -0.2) is 15.0 Å². The third-order valence-corrected chi connectivity index (χ3v) is 7.62. The number of imidazole rings is 1. The summed E-state index contributed by atoms with van der Waals surface area (Å²) < 4.78 is 2.08. The van der Waals surface area contributed by atoms with Gasteiger partial charge in [-0.1, -0.05) is 66.7 Å². The Morgan fingerprint density at radius 1 is 0.811 bits per heavy atom. The average Bonchev–Trinajstić information content (AvgIpc) is 3.51. The van der Waals surface area contributed by atoms with Crippen LogP contribution in [0.25, 0.3) is 33.5 Å². The number of aromatic nitrogens is 4. The summed E-state index contributed by atoms with van der Waals surface area (Å²) in [5.41, 5.74) is 7.47. The lowest BCUT2D eigenvalue weighted by molar-refractivity contribution is -0.137. The summed E-state index contributed by atoms with van der Waals surface area (Å²) in [5.74, 6) is -0.159. The van der Waals surface area contributed by atoms with Crippen LogP contribution in [0, 0.1) is 5.41 Å². The first-order valence-electron chi connectivity index (χ1n) is 12.4. The number of carbonyl (C=O) groups is 2. The summed E-state index contributed by atoms with van der Waals surface area (Å²) >= 11 is 0. The molecule has 2 aromatic heterocycles. The molecule has 0 unspecified atom stereocenters. The lowest BCUT2D eigenvalue weighted by atomic mass is 9.77. The van der Waals surface area contributed by atoms with Crippen molar-refractivity contribution >= 4 is 22.7 Å². The second kappa shape index (κ2) is 8.89. The number of rotatable bonds is 6. The first-order valence-corrected chi connectivity index (χ1v) is 12.4. The van der Waals surface area contributed by atoms with E-state index in [1.54, 1.807) is 6.33 Å². The van der Waals surface area contributed by atoms with Crippen molar-refractivity contribution in [3.05, 3.63) is 102 Å². The molecular weight excluding hydrogens is 460 g/mol. The smallest absolute Gasteiger partial charge is 0.181 e. The molecule has 0 aliphatic heterocycles. The Labute approximate surface area is 215 Å². The van der Waals surface area contributed by atoms with Crippen molar-refractivity contribution in [1.82, 2.24) is 19.5 Å². The van der Waals surface area contributed by atoms with E-state index in [1.165, 1.54) is 13.8 Å². The minimum atomic E-state index is -0.995. The predicted octanol–water partition coefficient (Wildman–Crippen LogP) is 5.47. The van der Waals surface area contributed by atoms with Gasteiger partial charge in [-0.15, -0.1) is 0 Å². The summed E-state index contributed by atoms with van der Waals surface area (Å²) in [5, 5.41) is 0. The van der Waals surface area contributed by atoms with Crippen LogP contribution in [0.1, 0.15) is 30.5 Å². The van der Waals surface area contributed by atoms with Crippen molar-refractivity contribution in [3.63, 3.8) is 0 Å². The van der Waals surface area contributed by atoms with E-state index in [0.29, 0.717) is 25.0 Å². The summed E-state index contributed by atoms with van der Waals surface area (Å²) in [6.45, 7) is 3.70. The maximum atomic E-state index is 12.7. The second-order valence-electron chi connectivity index (χ2n) is 9.83. The number of fused-ring (bicyclic) bond motifs is 2. The largest absolute Gasteiger partial charge is 0.323 e. The topological polar surface area (TPSA) is 77.7 Å². The molecule has 0 saturated carbocycles. The fourth-order valence-electron chi connectivity index (χ4n) is 5.54.